The lowest BCUT2D eigenvalue weighted by atomic mass is 9.69. The molecule has 1 aromatic carbocycles. The van der Waals surface area contributed by atoms with Gasteiger partial charge in [-0.15, -0.1) is 0 Å². The summed E-state index contributed by atoms with van der Waals surface area (Å²) in [6, 6.07) is 6.05. The summed E-state index contributed by atoms with van der Waals surface area (Å²) in [6.45, 7) is 8.26. The summed E-state index contributed by atoms with van der Waals surface area (Å²) >= 11 is 0. The molecule has 3 atom stereocenters. The second-order valence-corrected chi connectivity index (χ2v) is 10.7. The van der Waals surface area contributed by atoms with E-state index < -0.39 is 10.0 Å². The smallest absolute Gasteiger partial charge is 0.240 e. The molecule has 2 N–H and O–H groups in total. The van der Waals surface area contributed by atoms with Crippen LogP contribution >= 0.6 is 0 Å². The molecule has 2 bridgehead atoms. The molecule has 154 valence electrons. The summed E-state index contributed by atoms with van der Waals surface area (Å²) in [4.78, 5) is 23.9. The summed E-state index contributed by atoms with van der Waals surface area (Å²) in [5.41, 5.74) is 0.654. The molecule has 2 aliphatic carbocycles. The molecule has 2 fully saturated rings. The molecule has 3 rings (SSSR count). The number of ketones is 1. The number of nitrogens with one attached hydrogen (secondary N) is 2. The van der Waals surface area contributed by atoms with Gasteiger partial charge in [0, 0.05) is 24.6 Å². The first kappa shape index (κ1) is 21.0. The van der Waals surface area contributed by atoms with Crippen molar-refractivity contribution >= 4 is 21.7 Å². The molecular formula is C21H30N2O4S. The Morgan fingerprint density at radius 2 is 1.93 bits per heavy atom. The first-order valence-corrected chi connectivity index (χ1v) is 11.4. The number of benzene rings is 1. The van der Waals surface area contributed by atoms with Crippen LogP contribution in [0.1, 0.15) is 63.7 Å². The van der Waals surface area contributed by atoms with Gasteiger partial charge in [0.05, 0.1) is 4.90 Å². The van der Waals surface area contributed by atoms with Gasteiger partial charge in [0.25, 0.3) is 0 Å². The maximum absolute atomic E-state index is 12.4. The molecule has 2 saturated carbocycles. The van der Waals surface area contributed by atoms with Gasteiger partial charge < -0.3 is 5.32 Å². The number of fused-ring (bicyclic) bond motifs is 2. The zero-order valence-corrected chi connectivity index (χ0v) is 17.9. The van der Waals surface area contributed by atoms with Crippen LogP contribution in [-0.2, 0) is 14.8 Å². The Bertz CT molecular complexity index is 893. The molecule has 0 aliphatic heterocycles. The lowest BCUT2D eigenvalue weighted by Crippen LogP contribution is -2.47. The van der Waals surface area contributed by atoms with E-state index >= 15 is 0 Å². The van der Waals surface area contributed by atoms with Crippen molar-refractivity contribution in [3.63, 3.8) is 0 Å². The van der Waals surface area contributed by atoms with Gasteiger partial charge >= 0.3 is 0 Å². The summed E-state index contributed by atoms with van der Waals surface area (Å²) in [5, 5.41) is 3.14. The van der Waals surface area contributed by atoms with Crippen molar-refractivity contribution < 1.29 is 18.0 Å². The Labute approximate surface area is 167 Å². The standard InChI is InChI=1S/C21H30N2O4S/c1-14(24)15-6-5-7-17(12-15)28(26,27)22-11-9-19(25)23-18-13-16-8-10-21(18,4)20(16,2)3/h5-7,12,16,18,22H,8-11,13H2,1-4H3,(H,23,25). The van der Waals surface area contributed by atoms with Crippen molar-refractivity contribution in [2.45, 2.75) is 64.3 Å². The van der Waals surface area contributed by atoms with Crippen molar-refractivity contribution in [2.24, 2.45) is 16.7 Å². The zero-order valence-electron chi connectivity index (χ0n) is 17.0. The fourth-order valence-corrected chi connectivity index (χ4v) is 6.03. The van der Waals surface area contributed by atoms with Crippen LogP contribution in [0.5, 0.6) is 0 Å². The number of carbonyl (C=O) groups excluding carboxylic acids is 2. The van der Waals surface area contributed by atoms with E-state index in [1.54, 1.807) is 6.07 Å². The topological polar surface area (TPSA) is 92.3 Å². The van der Waals surface area contributed by atoms with Crippen molar-refractivity contribution in [3.05, 3.63) is 29.8 Å². The van der Waals surface area contributed by atoms with E-state index in [4.69, 9.17) is 0 Å². The molecule has 28 heavy (non-hydrogen) atoms. The van der Waals surface area contributed by atoms with E-state index in [1.807, 2.05) is 0 Å². The Balaban J connectivity index is 1.55. The largest absolute Gasteiger partial charge is 0.353 e. The summed E-state index contributed by atoms with van der Waals surface area (Å²) in [6.07, 6.45) is 3.42. The molecule has 1 amide bonds. The quantitative estimate of drug-likeness (QED) is 0.681. The van der Waals surface area contributed by atoms with Crippen LogP contribution in [0.15, 0.2) is 29.2 Å². The van der Waals surface area contributed by atoms with Gasteiger partial charge in [-0.3, -0.25) is 9.59 Å². The number of sulfonamides is 1. The predicted octanol–water partition coefficient (Wildman–Crippen LogP) is 2.89. The van der Waals surface area contributed by atoms with Gasteiger partial charge in [-0.25, -0.2) is 13.1 Å². The van der Waals surface area contributed by atoms with Crippen LogP contribution in [0.2, 0.25) is 0 Å². The first-order valence-electron chi connectivity index (χ1n) is 9.87. The summed E-state index contributed by atoms with van der Waals surface area (Å²) in [7, 11) is -3.76. The summed E-state index contributed by atoms with van der Waals surface area (Å²) in [5.74, 6) is 0.309. The molecule has 2 aliphatic rings. The predicted molar refractivity (Wildman–Crippen MR) is 107 cm³/mol. The van der Waals surface area contributed by atoms with Crippen LogP contribution in [-0.4, -0.2) is 32.7 Å². The second kappa shape index (κ2) is 7.26. The van der Waals surface area contributed by atoms with Crippen molar-refractivity contribution in [1.29, 1.82) is 0 Å². The van der Waals surface area contributed by atoms with Crippen LogP contribution in [0.4, 0.5) is 0 Å². The van der Waals surface area contributed by atoms with Gasteiger partial charge in [-0.1, -0.05) is 32.9 Å². The Kier molecular flexibility index (Phi) is 5.44. The minimum absolute atomic E-state index is 0.0225. The number of rotatable bonds is 7. The third-order valence-electron chi connectivity index (χ3n) is 7.32. The average molecular weight is 407 g/mol. The second-order valence-electron chi connectivity index (χ2n) is 8.96. The number of amides is 1. The average Bonchev–Trinajstić information content (AvgIpc) is 2.95. The molecule has 1 aromatic rings. The van der Waals surface area contributed by atoms with Gasteiger partial charge in [0.1, 0.15) is 0 Å². The Morgan fingerprint density at radius 1 is 1.21 bits per heavy atom. The number of Topliss-reactive ketones (excluding diaryl/α,β-unsaturated/α-hetero) is 1. The van der Waals surface area contributed by atoms with E-state index in [0.717, 1.165) is 12.8 Å². The first-order chi connectivity index (χ1) is 13.0. The Hall–Kier alpha value is -1.73. The Morgan fingerprint density at radius 3 is 2.50 bits per heavy atom. The number of hydrogen-bond donors (Lipinski definition) is 2. The molecule has 0 saturated heterocycles. The van der Waals surface area contributed by atoms with Gasteiger partial charge in [0.2, 0.25) is 15.9 Å². The van der Waals surface area contributed by atoms with E-state index in [2.05, 4.69) is 30.8 Å². The van der Waals surface area contributed by atoms with E-state index in [9.17, 15) is 18.0 Å². The maximum Gasteiger partial charge on any atom is 0.240 e. The third kappa shape index (κ3) is 3.62. The van der Waals surface area contributed by atoms with Crippen molar-refractivity contribution in [2.75, 3.05) is 6.54 Å². The zero-order chi connectivity index (χ0) is 20.7. The van der Waals surface area contributed by atoms with E-state index in [-0.39, 0.29) is 46.4 Å². The van der Waals surface area contributed by atoms with Crippen molar-refractivity contribution in [3.8, 4) is 0 Å². The van der Waals surface area contributed by atoms with Crippen molar-refractivity contribution in [1.82, 2.24) is 10.0 Å². The molecule has 0 radical (unpaired) electrons. The van der Waals surface area contributed by atoms with E-state index in [0.29, 0.717) is 11.5 Å². The van der Waals surface area contributed by atoms with Gasteiger partial charge in [0.15, 0.2) is 5.78 Å². The molecule has 3 unspecified atom stereocenters. The van der Waals surface area contributed by atoms with Gasteiger partial charge in [-0.05, 0) is 55.1 Å². The minimum Gasteiger partial charge on any atom is -0.353 e. The molecule has 0 aromatic heterocycles. The number of carbonyl (C=O) groups is 2. The highest BCUT2D eigenvalue weighted by Gasteiger charge is 2.61. The third-order valence-corrected chi connectivity index (χ3v) is 8.78. The lowest BCUT2D eigenvalue weighted by molar-refractivity contribution is -0.122. The maximum atomic E-state index is 12.4. The molecule has 0 spiro atoms. The lowest BCUT2D eigenvalue weighted by Gasteiger charge is -2.39. The van der Waals surface area contributed by atoms with Crippen LogP contribution in [0, 0.1) is 16.7 Å². The molecule has 6 nitrogen and oxygen atoms in total. The highest BCUT2D eigenvalue weighted by atomic mass is 32.2. The van der Waals surface area contributed by atoms with Crippen LogP contribution < -0.4 is 10.0 Å². The number of hydrogen-bond acceptors (Lipinski definition) is 4. The summed E-state index contributed by atoms with van der Waals surface area (Å²) < 4.78 is 27.3. The monoisotopic (exact) mass is 406 g/mol. The molecule has 0 heterocycles. The SMILES string of the molecule is CC(=O)c1cccc(S(=O)(=O)NCCC(=O)NC2CC3CCC2(C)C3(C)C)c1. The molecular weight excluding hydrogens is 376 g/mol. The molecule has 7 heteroatoms. The van der Waals surface area contributed by atoms with Gasteiger partial charge in [-0.2, -0.15) is 0 Å². The fraction of sp³-hybridized carbons (Fsp3) is 0.619. The normalized spacial score (nSPS) is 28.3. The highest BCUT2D eigenvalue weighted by molar-refractivity contribution is 7.89. The highest BCUT2D eigenvalue weighted by Crippen LogP contribution is 2.65. The fourth-order valence-electron chi connectivity index (χ4n) is 4.95. The minimum atomic E-state index is -3.76. The van der Waals surface area contributed by atoms with Crippen LogP contribution in [0.25, 0.3) is 0 Å². The van der Waals surface area contributed by atoms with E-state index in [1.165, 1.54) is 31.5 Å². The van der Waals surface area contributed by atoms with Crippen LogP contribution in [0.3, 0.4) is 0 Å².